The number of phenols is 1. The molecule has 6 rings (SSSR count). The van der Waals surface area contributed by atoms with Gasteiger partial charge in [0.1, 0.15) is 17.1 Å². The number of aromatic hydroxyl groups is 1. The number of anilines is 5. The molecule has 3 aromatic carbocycles. The molecule has 0 atom stereocenters. The van der Waals surface area contributed by atoms with E-state index in [1.165, 1.54) is 0 Å². The Bertz CT molecular complexity index is 1530. The number of aromatic nitrogens is 2. The molecule has 0 saturated heterocycles. The molecule has 0 saturated carbocycles. The molecule has 0 fully saturated rings. The molecule has 0 spiro atoms. The van der Waals surface area contributed by atoms with Crippen LogP contribution in [0.4, 0.5) is 28.6 Å². The zero-order valence-electron chi connectivity index (χ0n) is 18.4. The van der Waals surface area contributed by atoms with Gasteiger partial charge in [0.2, 0.25) is 0 Å². The van der Waals surface area contributed by atoms with E-state index in [1.807, 2.05) is 36.5 Å². The van der Waals surface area contributed by atoms with Crippen LogP contribution >= 0.6 is 0 Å². The van der Waals surface area contributed by atoms with Gasteiger partial charge in [0, 0.05) is 24.2 Å². The number of rotatable bonds is 2. The topological polar surface area (TPSA) is 52.5 Å². The lowest BCUT2D eigenvalue weighted by molar-refractivity contribution is 0.480. The first kappa shape index (κ1) is 19.3. The van der Waals surface area contributed by atoms with Crippen molar-refractivity contribution in [3.63, 3.8) is 0 Å². The Balaban J connectivity index is 1.57. The van der Waals surface area contributed by atoms with Gasteiger partial charge in [-0.1, -0.05) is 36.4 Å². The van der Waals surface area contributed by atoms with Crippen LogP contribution < -0.4 is 9.80 Å². The van der Waals surface area contributed by atoms with Crippen LogP contribution in [0.15, 0.2) is 91.1 Å². The molecule has 0 amide bonds. The van der Waals surface area contributed by atoms with E-state index < -0.39 is 0 Å². The summed E-state index contributed by atoms with van der Waals surface area (Å²) in [5, 5.41) is 11.2. The van der Waals surface area contributed by atoms with Crippen molar-refractivity contribution in [3.8, 4) is 17.0 Å². The van der Waals surface area contributed by atoms with Crippen LogP contribution in [0.2, 0.25) is 0 Å². The maximum absolute atomic E-state index is 10.3. The third-order valence-corrected chi connectivity index (χ3v) is 6.19. The molecule has 0 unspecified atom stereocenters. The van der Waals surface area contributed by atoms with Gasteiger partial charge in [-0.2, -0.15) is 0 Å². The predicted molar refractivity (Wildman–Crippen MR) is 134 cm³/mol. The molecule has 0 bridgehead atoms. The smallest absolute Gasteiger partial charge is 0.141 e. The average Bonchev–Trinajstić information content (AvgIpc) is 2.84. The Kier molecular flexibility index (Phi) is 4.30. The molecule has 33 heavy (non-hydrogen) atoms. The summed E-state index contributed by atoms with van der Waals surface area (Å²) in [6, 6.07) is 28.3. The fourth-order valence-corrected chi connectivity index (χ4v) is 4.52. The van der Waals surface area contributed by atoms with E-state index in [4.69, 9.17) is 9.97 Å². The first-order chi connectivity index (χ1) is 16.1. The van der Waals surface area contributed by atoms with Gasteiger partial charge in [-0.25, -0.2) is 9.97 Å². The highest BCUT2D eigenvalue weighted by atomic mass is 16.3. The summed E-state index contributed by atoms with van der Waals surface area (Å²) in [7, 11) is 2.09. The number of aryl methyl sites for hydroxylation is 1. The molecule has 5 aromatic rings. The summed E-state index contributed by atoms with van der Waals surface area (Å²) in [5.41, 5.74) is 7.86. The van der Waals surface area contributed by atoms with Crippen LogP contribution in [-0.2, 0) is 0 Å². The van der Waals surface area contributed by atoms with Crippen LogP contribution in [0.3, 0.4) is 0 Å². The van der Waals surface area contributed by atoms with Crippen molar-refractivity contribution >= 4 is 39.5 Å². The summed E-state index contributed by atoms with van der Waals surface area (Å²) >= 11 is 0. The van der Waals surface area contributed by atoms with Crippen LogP contribution in [-0.4, -0.2) is 22.1 Å². The Labute approximate surface area is 192 Å². The van der Waals surface area contributed by atoms with Crippen LogP contribution in [0.5, 0.6) is 5.75 Å². The minimum Gasteiger partial charge on any atom is -0.506 e. The molecular weight excluding hydrogens is 408 g/mol. The first-order valence-electron chi connectivity index (χ1n) is 10.9. The number of hydrogen-bond acceptors (Lipinski definition) is 5. The summed E-state index contributed by atoms with van der Waals surface area (Å²) in [4.78, 5) is 13.9. The number of pyridine rings is 2. The fraction of sp³-hybridized carbons (Fsp3) is 0.0714. The van der Waals surface area contributed by atoms with Gasteiger partial charge < -0.3 is 10.0 Å². The van der Waals surface area contributed by atoms with Crippen molar-refractivity contribution in [1.29, 1.82) is 0 Å². The number of hydrogen-bond donors (Lipinski definition) is 1. The Morgan fingerprint density at radius 1 is 0.758 bits per heavy atom. The van der Waals surface area contributed by atoms with Crippen molar-refractivity contribution in [3.05, 3.63) is 96.7 Å². The number of para-hydroxylation sites is 3. The molecular formula is C28H22N4O. The molecule has 1 N–H and O–H groups in total. The zero-order chi connectivity index (χ0) is 22.5. The van der Waals surface area contributed by atoms with E-state index in [2.05, 4.69) is 72.3 Å². The second-order valence-corrected chi connectivity index (χ2v) is 8.32. The lowest BCUT2D eigenvalue weighted by Gasteiger charge is -2.38. The van der Waals surface area contributed by atoms with E-state index in [0.29, 0.717) is 5.52 Å². The molecule has 5 heteroatoms. The molecule has 5 nitrogen and oxygen atoms in total. The van der Waals surface area contributed by atoms with E-state index in [0.717, 1.165) is 50.8 Å². The second-order valence-electron chi connectivity index (χ2n) is 8.32. The average molecular weight is 431 g/mol. The molecule has 1 aliphatic rings. The Morgan fingerprint density at radius 2 is 1.58 bits per heavy atom. The van der Waals surface area contributed by atoms with Gasteiger partial charge in [0.25, 0.3) is 0 Å². The van der Waals surface area contributed by atoms with Crippen molar-refractivity contribution < 1.29 is 5.11 Å². The highest BCUT2D eigenvalue weighted by Crippen LogP contribution is 2.51. The van der Waals surface area contributed by atoms with Crippen molar-refractivity contribution in [2.75, 3.05) is 16.8 Å². The van der Waals surface area contributed by atoms with Crippen LogP contribution in [0, 0.1) is 6.92 Å². The van der Waals surface area contributed by atoms with Crippen molar-refractivity contribution in [2.45, 2.75) is 6.92 Å². The largest absolute Gasteiger partial charge is 0.506 e. The summed E-state index contributed by atoms with van der Waals surface area (Å²) in [6.45, 7) is 2.08. The molecule has 0 radical (unpaired) electrons. The van der Waals surface area contributed by atoms with Gasteiger partial charge in [-0.3, -0.25) is 4.90 Å². The quantitative estimate of drug-likeness (QED) is 0.331. The fourth-order valence-electron chi connectivity index (χ4n) is 4.52. The monoisotopic (exact) mass is 430 g/mol. The normalized spacial score (nSPS) is 12.5. The van der Waals surface area contributed by atoms with Gasteiger partial charge in [-0.05, 0) is 61.0 Å². The zero-order valence-corrected chi connectivity index (χ0v) is 18.4. The van der Waals surface area contributed by atoms with Crippen LogP contribution in [0.1, 0.15) is 5.56 Å². The van der Waals surface area contributed by atoms with E-state index in [1.54, 1.807) is 6.07 Å². The number of nitrogens with zero attached hydrogens (tertiary/aromatic N) is 4. The van der Waals surface area contributed by atoms with Crippen molar-refractivity contribution in [2.24, 2.45) is 0 Å². The standard InChI is InChI=1S/C28H22N4O/c1-18-14-15-29-27(16-18)32-24-8-4-3-7-22(24)31(2)23-13-11-20(17-25(23)32)21-12-10-19-6-5-9-26(33)28(19)30-21/h3-17,33H,1-2H3. The maximum atomic E-state index is 10.3. The van der Waals surface area contributed by atoms with E-state index in [-0.39, 0.29) is 5.75 Å². The SMILES string of the molecule is Cc1ccnc(N2c3ccccc3N(C)c3ccc(-c4ccc5cccc(O)c5n4)cc32)c1. The third kappa shape index (κ3) is 3.09. The van der Waals surface area contributed by atoms with Gasteiger partial charge in [-0.15, -0.1) is 0 Å². The second kappa shape index (κ2) is 7.35. The van der Waals surface area contributed by atoms with E-state index in [9.17, 15) is 5.11 Å². The summed E-state index contributed by atoms with van der Waals surface area (Å²) in [6.07, 6.45) is 1.85. The lowest BCUT2D eigenvalue weighted by atomic mass is 10.0. The summed E-state index contributed by atoms with van der Waals surface area (Å²) < 4.78 is 0. The van der Waals surface area contributed by atoms with Gasteiger partial charge in [0.05, 0.1) is 28.4 Å². The lowest BCUT2D eigenvalue weighted by Crippen LogP contribution is -2.24. The van der Waals surface area contributed by atoms with Gasteiger partial charge >= 0.3 is 0 Å². The molecule has 2 aromatic heterocycles. The first-order valence-corrected chi connectivity index (χ1v) is 10.9. The Morgan fingerprint density at radius 3 is 2.42 bits per heavy atom. The number of benzene rings is 3. The molecule has 160 valence electrons. The third-order valence-electron chi connectivity index (χ3n) is 6.19. The highest BCUT2D eigenvalue weighted by Gasteiger charge is 2.28. The van der Waals surface area contributed by atoms with Gasteiger partial charge in [0.15, 0.2) is 0 Å². The minimum atomic E-state index is 0.187. The molecule has 1 aliphatic heterocycles. The van der Waals surface area contributed by atoms with Crippen molar-refractivity contribution in [1.82, 2.24) is 9.97 Å². The Hall–Kier alpha value is -4.38. The van der Waals surface area contributed by atoms with E-state index >= 15 is 0 Å². The highest BCUT2D eigenvalue weighted by molar-refractivity contribution is 5.98. The molecule has 0 aliphatic carbocycles. The number of phenolic OH excluding ortho intramolecular Hbond substituents is 1. The molecule has 3 heterocycles. The minimum absolute atomic E-state index is 0.187. The predicted octanol–water partition coefficient (Wildman–Crippen LogP) is 6.86. The maximum Gasteiger partial charge on any atom is 0.141 e. The van der Waals surface area contributed by atoms with Crippen LogP contribution in [0.25, 0.3) is 22.2 Å². The summed E-state index contributed by atoms with van der Waals surface area (Å²) in [5.74, 6) is 1.06. The number of fused-ring (bicyclic) bond motifs is 3.